The minimum atomic E-state index is -0.0241. The maximum atomic E-state index is 11.9. The van der Waals surface area contributed by atoms with Crippen molar-refractivity contribution in [3.63, 3.8) is 0 Å². The van der Waals surface area contributed by atoms with Crippen LogP contribution >= 0.6 is 11.6 Å². The third-order valence-corrected chi connectivity index (χ3v) is 7.26. The Labute approximate surface area is 193 Å². The van der Waals surface area contributed by atoms with Crippen molar-refractivity contribution in [2.75, 3.05) is 36.8 Å². The van der Waals surface area contributed by atoms with Gasteiger partial charge in [0.25, 0.3) is 0 Å². The molecule has 32 heavy (non-hydrogen) atoms. The van der Waals surface area contributed by atoms with Crippen LogP contribution in [0.3, 0.4) is 0 Å². The first-order chi connectivity index (χ1) is 15.3. The molecule has 1 fully saturated rings. The lowest BCUT2D eigenvalue weighted by Gasteiger charge is -2.38. The van der Waals surface area contributed by atoms with Gasteiger partial charge in [0.15, 0.2) is 0 Å². The molecule has 2 heterocycles. The van der Waals surface area contributed by atoms with Crippen LogP contribution in [0.25, 0.3) is 0 Å². The fourth-order valence-electron chi connectivity index (χ4n) is 5.07. The second-order valence-electron chi connectivity index (χ2n) is 8.68. The second kappa shape index (κ2) is 8.90. The SMILES string of the molecule is C=CC(=O)N1CCN(c2ncnc3c2C[C@@H](C)C(c2c(C)c(Cl)cc(N)c2C=N)C3)CC1. The first-order valence-electron chi connectivity index (χ1n) is 10.9. The van der Waals surface area contributed by atoms with E-state index in [0.29, 0.717) is 29.7 Å². The van der Waals surface area contributed by atoms with Crippen LogP contribution in [0.15, 0.2) is 25.0 Å². The molecular weight excluding hydrogens is 424 g/mol. The monoisotopic (exact) mass is 452 g/mol. The topological polar surface area (TPSA) is 99.2 Å². The molecule has 1 amide bonds. The number of nitrogens with two attached hydrogens (primary N) is 1. The van der Waals surface area contributed by atoms with Gasteiger partial charge in [-0.2, -0.15) is 0 Å². The van der Waals surface area contributed by atoms with Crippen molar-refractivity contribution in [3.8, 4) is 0 Å². The van der Waals surface area contributed by atoms with E-state index in [1.165, 1.54) is 17.9 Å². The number of carbonyl (C=O) groups excluding carboxylic acids is 1. The van der Waals surface area contributed by atoms with Crippen LogP contribution in [-0.4, -0.2) is 53.2 Å². The molecule has 4 rings (SSSR count). The number of rotatable bonds is 4. The number of amides is 1. The molecular formula is C24H29ClN6O. The summed E-state index contributed by atoms with van der Waals surface area (Å²) in [4.78, 5) is 25.3. The average Bonchev–Trinajstić information content (AvgIpc) is 2.80. The molecule has 1 aromatic heterocycles. The lowest BCUT2D eigenvalue weighted by molar-refractivity contribution is -0.126. The number of nitrogens with one attached hydrogen (secondary N) is 1. The summed E-state index contributed by atoms with van der Waals surface area (Å²) >= 11 is 6.46. The molecule has 8 heteroatoms. The first-order valence-corrected chi connectivity index (χ1v) is 11.3. The summed E-state index contributed by atoms with van der Waals surface area (Å²) in [5.41, 5.74) is 11.8. The summed E-state index contributed by atoms with van der Waals surface area (Å²) in [5.74, 6) is 1.43. The Morgan fingerprint density at radius 3 is 2.66 bits per heavy atom. The van der Waals surface area contributed by atoms with Crippen molar-refractivity contribution >= 4 is 35.2 Å². The number of nitrogens with zero attached hydrogens (tertiary/aromatic N) is 4. The Morgan fingerprint density at radius 1 is 1.28 bits per heavy atom. The molecule has 0 saturated carbocycles. The molecule has 3 N–H and O–H groups in total. The van der Waals surface area contributed by atoms with Crippen LogP contribution < -0.4 is 10.6 Å². The van der Waals surface area contributed by atoms with Gasteiger partial charge >= 0.3 is 0 Å². The van der Waals surface area contributed by atoms with Gasteiger partial charge < -0.3 is 20.9 Å². The minimum Gasteiger partial charge on any atom is -0.398 e. The van der Waals surface area contributed by atoms with Gasteiger partial charge in [0.2, 0.25) is 5.91 Å². The zero-order valence-electron chi connectivity index (χ0n) is 18.6. The Bertz CT molecular complexity index is 1080. The van der Waals surface area contributed by atoms with Gasteiger partial charge in [0.1, 0.15) is 12.1 Å². The standard InChI is InChI=1S/C24H29ClN6O/c1-4-22(32)30-5-7-31(8-6-30)24-17-9-14(2)16(10-21(17)28-13-29-24)23-15(3)19(25)11-20(27)18(23)12-26/h4,11-14,16,26H,1,5-10,27H2,2-3H3/t14-,16?/m1/s1. The Hall–Kier alpha value is -2.93. The lowest BCUT2D eigenvalue weighted by atomic mass is 9.72. The molecule has 2 aliphatic rings. The zero-order chi connectivity index (χ0) is 23.0. The number of carbonyl (C=O) groups is 1. The number of fused-ring (bicyclic) bond motifs is 1. The highest BCUT2D eigenvalue weighted by atomic mass is 35.5. The van der Waals surface area contributed by atoms with Crippen LogP contribution in [-0.2, 0) is 17.6 Å². The summed E-state index contributed by atoms with van der Waals surface area (Å²) in [6, 6.07) is 1.74. The van der Waals surface area contributed by atoms with Gasteiger partial charge in [0, 0.05) is 59.9 Å². The molecule has 1 saturated heterocycles. The van der Waals surface area contributed by atoms with Crippen LogP contribution in [0.2, 0.25) is 5.02 Å². The van der Waals surface area contributed by atoms with E-state index in [0.717, 1.165) is 54.1 Å². The van der Waals surface area contributed by atoms with Crippen molar-refractivity contribution in [2.24, 2.45) is 5.92 Å². The van der Waals surface area contributed by atoms with Crippen LogP contribution in [0, 0.1) is 18.3 Å². The van der Waals surface area contributed by atoms with Crippen molar-refractivity contribution in [1.29, 1.82) is 5.41 Å². The first kappa shape index (κ1) is 22.3. The van der Waals surface area contributed by atoms with Crippen LogP contribution in [0.4, 0.5) is 11.5 Å². The number of hydrogen-bond donors (Lipinski definition) is 2. The number of nitrogen functional groups attached to an aromatic ring is 1. The van der Waals surface area contributed by atoms with Gasteiger partial charge in [-0.25, -0.2) is 9.97 Å². The van der Waals surface area contributed by atoms with E-state index in [4.69, 9.17) is 22.7 Å². The van der Waals surface area contributed by atoms with Gasteiger partial charge in [-0.1, -0.05) is 25.1 Å². The van der Waals surface area contributed by atoms with E-state index in [-0.39, 0.29) is 11.8 Å². The highest BCUT2D eigenvalue weighted by Crippen LogP contribution is 2.43. The highest BCUT2D eigenvalue weighted by molar-refractivity contribution is 6.32. The number of hydrogen-bond acceptors (Lipinski definition) is 6. The minimum absolute atomic E-state index is 0.0241. The average molecular weight is 453 g/mol. The molecule has 0 bridgehead atoms. The predicted octanol–water partition coefficient (Wildman–Crippen LogP) is 3.37. The lowest BCUT2D eigenvalue weighted by Crippen LogP contribution is -2.49. The number of aromatic nitrogens is 2. The van der Waals surface area contributed by atoms with Gasteiger partial charge in [0.05, 0.1) is 0 Å². The Balaban J connectivity index is 1.65. The number of piperazine rings is 1. The van der Waals surface area contributed by atoms with Crippen LogP contribution in [0.1, 0.15) is 40.8 Å². The van der Waals surface area contributed by atoms with E-state index >= 15 is 0 Å². The second-order valence-corrected chi connectivity index (χ2v) is 9.08. The van der Waals surface area contributed by atoms with E-state index in [2.05, 4.69) is 28.4 Å². The fourth-order valence-corrected chi connectivity index (χ4v) is 5.29. The molecule has 1 aromatic carbocycles. The molecule has 2 aromatic rings. The third kappa shape index (κ3) is 3.86. The summed E-state index contributed by atoms with van der Waals surface area (Å²) in [5, 5.41) is 8.57. The van der Waals surface area contributed by atoms with E-state index < -0.39 is 0 Å². The summed E-state index contributed by atoms with van der Waals surface area (Å²) in [7, 11) is 0. The molecule has 1 unspecified atom stereocenters. The van der Waals surface area contributed by atoms with Gasteiger partial charge in [-0.15, -0.1) is 0 Å². The maximum Gasteiger partial charge on any atom is 0.246 e. The van der Waals surface area contributed by atoms with E-state index in [1.54, 1.807) is 12.4 Å². The van der Waals surface area contributed by atoms with Gasteiger partial charge in [-0.05, 0) is 54.9 Å². The van der Waals surface area contributed by atoms with Crippen molar-refractivity contribution in [3.05, 3.63) is 58.0 Å². The zero-order valence-corrected chi connectivity index (χ0v) is 19.3. The smallest absolute Gasteiger partial charge is 0.246 e. The van der Waals surface area contributed by atoms with Gasteiger partial charge in [-0.3, -0.25) is 4.79 Å². The predicted molar refractivity (Wildman–Crippen MR) is 129 cm³/mol. The quantitative estimate of drug-likeness (QED) is 0.421. The summed E-state index contributed by atoms with van der Waals surface area (Å²) in [6.45, 7) is 10.6. The molecule has 0 radical (unpaired) electrons. The van der Waals surface area contributed by atoms with E-state index in [9.17, 15) is 4.79 Å². The highest BCUT2D eigenvalue weighted by Gasteiger charge is 2.34. The number of benzene rings is 1. The van der Waals surface area contributed by atoms with Crippen molar-refractivity contribution in [1.82, 2.24) is 14.9 Å². The Kier molecular flexibility index (Phi) is 6.20. The number of anilines is 2. The largest absolute Gasteiger partial charge is 0.398 e. The maximum absolute atomic E-state index is 11.9. The summed E-state index contributed by atoms with van der Waals surface area (Å²) in [6.07, 6.45) is 5.94. The van der Waals surface area contributed by atoms with Crippen LogP contribution in [0.5, 0.6) is 0 Å². The normalized spacial score (nSPS) is 20.6. The Morgan fingerprint density at radius 2 is 2.00 bits per heavy atom. The molecule has 168 valence electrons. The van der Waals surface area contributed by atoms with Crippen molar-refractivity contribution < 1.29 is 4.79 Å². The number of halogens is 1. The van der Waals surface area contributed by atoms with E-state index in [1.807, 2.05) is 11.8 Å². The molecule has 0 spiro atoms. The molecule has 2 atom stereocenters. The fraction of sp³-hybridized carbons (Fsp3) is 0.417. The van der Waals surface area contributed by atoms with Crippen molar-refractivity contribution in [2.45, 2.75) is 32.6 Å². The third-order valence-electron chi connectivity index (χ3n) is 6.86. The molecule has 7 nitrogen and oxygen atoms in total. The summed E-state index contributed by atoms with van der Waals surface area (Å²) < 4.78 is 0. The molecule has 1 aliphatic carbocycles. The molecule has 1 aliphatic heterocycles.